The normalized spacial score (nSPS) is 10.9. The predicted molar refractivity (Wildman–Crippen MR) is 100 cm³/mol. The van der Waals surface area contributed by atoms with E-state index in [1.54, 1.807) is 0 Å². The van der Waals surface area contributed by atoms with Gasteiger partial charge in [-0.15, -0.1) is 0 Å². The fraction of sp³-hybridized carbons (Fsp3) is 0.0455. The first-order valence-corrected chi connectivity index (χ1v) is 8.20. The molecule has 0 fully saturated rings. The lowest BCUT2D eigenvalue weighted by Crippen LogP contribution is -2.03. The molecule has 0 aliphatic heterocycles. The van der Waals surface area contributed by atoms with E-state index < -0.39 is 5.97 Å². The van der Waals surface area contributed by atoms with Crippen LogP contribution < -0.4 is 0 Å². The summed E-state index contributed by atoms with van der Waals surface area (Å²) in [5.74, 6) is -0.826. The Balaban J connectivity index is 2.13. The van der Waals surface area contributed by atoms with Crippen molar-refractivity contribution in [2.75, 3.05) is 0 Å². The number of carbonyl (C=O) groups is 1. The fourth-order valence-electron chi connectivity index (χ4n) is 3.38. The van der Waals surface area contributed by atoms with Gasteiger partial charge in [0.25, 0.3) is 0 Å². The van der Waals surface area contributed by atoms with Crippen LogP contribution in [0.3, 0.4) is 0 Å². The maximum Gasteiger partial charge on any atom is 0.307 e. The Morgan fingerprint density at radius 2 is 1.40 bits per heavy atom. The van der Waals surface area contributed by atoms with Gasteiger partial charge in [0.05, 0.1) is 17.6 Å². The van der Waals surface area contributed by atoms with Crippen LogP contribution in [-0.2, 0) is 11.2 Å². The van der Waals surface area contributed by atoms with E-state index in [0.29, 0.717) is 0 Å². The molecule has 0 aliphatic rings. The molecule has 1 heterocycles. The molecule has 0 radical (unpaired) electrons. The van der Waals surface area contributed by atoms with E-state index in [2.05, 4.69) is 4.57 Å². The van der Waals surface area contributed by atoms with Crippen LogP contribution in [0.25, 0.3) is 27.8 Å². The Morgan fingerprint density at radius 1 is 0.800 bits per heavy atom. The second-order valence-corrected chi connectivity index (χ2v) is 5.95. The highest BCUT2D eigenvalue weighted by molar-refractivity contribution is 5.96. The van der Waals surface area contributed by atoms with E-state index >= 15 is 0 Å². The Kier molecular flexibility index (Phi) is 3.82. The smallest absolute Gasteiger partial charge is 0.307 e. The van der Waals surface area contributed by atoms with Gasteiger partial charge in [0.2, 0.25) is 0 Å². The number of fused-ring (bicyclic) bond motifs is 1. The van der Waals surface area contributed by atoms with E-state index in [1.807, 2.05) is 84.9 Å². The first kappa shape index (κ1) is 15.2. The van der Waals surface area contributed by atoms with E-state index in [9.17, 15) is 9.90 Å². The van der Waals surface area contributed by atoms with Crippen LogP contribution in [-0.4, -0.2) is 15.6 Å². The summed E-state index contributed by atoms with van der Waals surface area (Å²) in [6, 6.07) is 28.0. The molecule has 1 N–H and O–H groups in total. The fourth-order valence-corrected chi connectivity index (χ4v) is 3.38. The van der Waals surface area contributed by atoms with Crippen molar-refractivity contribution in [3.8, 4) is 16.9 Å². The third-order valence-electron chi connectivity index (χ3n) is 4.37. The summed E-state index contributed by atoms with van der Waals surface area (Å²) in [5, 5.41) is 10.4. The summed E-state index contributed by atoms with van der Waals surface area (Å²) in [4.78, 5) is 11.5. The number of nitrogens with zero attached hydrogens (tertiary/aromatic N) is 1. The lowest BCUT2D eigenvalue weighted by atomic mass is 10.0. The van der Waals surface area contributed by atoms with Crippen molar-refractivity contribution in [1.82, 2.24) is 4.57 Å². The summed E-state index contributed by atoms with van der Waals surface area (Å²) >= 11 is 0. The Morgan fingerprint density at radius 3 is 2.08 bits per heavy atom. The van der Waals surface area contributed by atoms with Gasteiger partial charge >= 0.3 is 5.97 Å². The first-order chi connectivity index (χ1) is 12.3. The average molecular weight is 327 g/mol. The summed E-state index contributed by atoms with van der Waals surface area (Å²) in [5.41, 5.74) is 4.84. The highest BCUT2D eigenvalue weighted by atomic mass is 16.4. The quantitative estimate of drug-likeness (QED) is 0.578. The standard InChI is InChI=1S/C22H17NO2/c24-21(25)15-19-18-13-7-8-14-20(18)23(17-11-5-2-6-12-17)22(19)16-9-3-1-4-10-16/h1-14H,15H2,(H,24,25). The summed E-state index contributed by atoms with van der Waals surface area (Å²) < 4.78 is 2.16. The molecule has 3 nitrogen and oxygen atoms in total. The Hall–Kier alpha value is -3.33. The van der Waals surface area contributed by atoms with Gasteiger partial charge in [0.1, 0.15) is 0 Å². The van der Waals surface area contributed by atoms with Gasteiger partial charge in [-0.3, -0.25) is 4.79 Å². The number of carboxylic acids is 1. The van der Waals surface area contributed by atoms with Crippen molar-refractivity contribution in [3.05, 3.63) is 90.5 Å². The molecule has 3 heteroatoms. The van der Waals surface area contributed by atoms with Gasteiger partial charge in [-0.05, 0) is 29.3 Å². The van der Waals surface area contributed by atoms with Crippen molar-refractivity contribution in [3.63, 3.8) is 0 Å². The number of aromatic nitrogens is 1. The second kappa shape index (κ2) is 6.29. The van der Waals surface area contributed by atoms with E-state index in [1.165, 1.54) is 0 Å². The molecule has 122 valence electrons. The molecule has 0 aliphatic carbocycles. The van der Waals surface area contributed by atoms with Crippen LogP contribution in [0.15, 0.2) is 84.9 Å². The number of aliphatic carboxylic acids is 1. The van der Waals surface area contributed by atoms with Crippen molar-refractivity contribution < 1.29 is 9.90 Å². The zero-order valence-corrected chi connectivity index (χ0v) is 13.6. The number of carboxylic acid groups (broad SMARTS) is 1. The number of rotatable bonds is 4. The summed E-state index contributed by atoms with van der Waals surface area (Å²) in [6.07, 6.45) is -0.00935. The van der Waals surface area contributed by atoms with Crippen molar-refractivity contribution >= 4 is 16.9 Å². The molecular weight excluding hydrogens is 310 g/mol. The minimum atomic E-state index is -0.826. The molecule has 4 rings (SSSR count). The van der Waals surface area contributed by atoms with Gasteiger partial charge < -0.3 is 9.67 Å². The first-order valence-electron chi connectivity index (χ1n) is 8.20. The molecule has 25 heavy (non-hydrogen) atoms. The van der Waals surface area contributed by atoms with E-state index in [4.69, 9.17) is 0 Å². The van der Waals surface area contributed by atoms with Crippen LogP contribution in [0.4, 0.5) is 0 Å². The average Bonchev–Trinajstić information content (AvgIpc) is 2.97. The molecule has 3 aromatic carbocycles. The summed E-state index contributed by atoms with van der Waals surface area (Å²) in [6.45, 7) is 0. The highest BCUT2D eigenvalue weighted by Gasteiger charge is 2.20. The molecular formula is C22H17NO2. The number of para-hydroxylation sites is 2. The van der Waals surface area contributed by atoms with Crippen molar-refractivity contribution in [2.24, 2.45) is 0 Å². The molecule has 0 saturated heterocycles. The molecule has 0 amide bonds. The highest BCUT2D eigenvalue weighted by Crippen LogP contribution is 2.36. The van der Waals surface area contributed by atoms with Crippen molar-refractivity contribution in [2.45, 2.75) is 6.42 Å². The minimum Gasteiger partial charge on any atom is -0.481 e. The molecule has 0 saturated carbocycles. The molecule has 0 unspecified atom stereocenters. The molecule has 0 spiro atoms. The molecule has 0 atom stereocenters. The van der Waals surface area contributed by atoms with Crippen LogP contribution in [0.1, 0.15) is 5.56 Å². The third-order valence-corrected chi connectivity index (χ3v) is 4.37. The third kappa shape index (κ3) is 2.70. The van der Waals surface area contributed by atoms with Crippen LogP contribution in [0, 0.1) is 0 Å². The van der Waals surface area contributed by atoms with Gasteiger partial charge in [0, 0.05) is 11.1 Å². The Bertz CT molecular complexity index is 1030. The molecule has 4 aromatic rings. The van der Waals surface area contributed by atoms with E-state index in [0.717, 1.165) is 33.4 Å². The summed E-state index contributed by atoms with van der Waals surface area (Å²) in [7, 11) is 0. The number of hydrogen-bond acceptors (Lipinski definition) is 1. The largest absolute Gasteiger partial charge is 0.481 e. The maximum absolute atomic E-state index is 11.5. The number of benzene rings is 3. The zero-order chi connectivity index (χ0) is 17.2. The predicted octanol–water partition coefficient (Wildman–Crippen LogP) is 4.92. The van der Waals surface area contributed by atoms with Crippen LogP contribution in [0.5, 0.6) is 0 Å². The lowest BCUT2D eigenvalue weighted by molar-refractivity contribution is -0.136. The van der Waals surface area contributed by atoms with Crippen molar-refractivity contribution in [1.29, 1.82) is 0 Å². The molecule has 0 bridgehead atoms. The Labute approximate surface area is 145 Å². The van der Waals surface area contributed by atoms with Crippen LogP contribution in [0.2, 0.25) is 0 Å². The topological polar surface area (TPSA) is 42.2 Å². The van der Waals surface area contributed by atoms with E-state index in [-0.39, 0.29) is 6.42 Å². The molecule has 1 aromatic heterocycles. The SMILES string of the molecule is O=C(O)Cc1c(-c2ccccc2)n(-c2ccccc2)c2ccccc12. The lowest BCUT2D eigenvalue weighted by Gasteiger charge is -2.12. The van der Waals surface area contributed by atoms with Gasteiger partial charge in [-0.2, -0.15) is 0 Å². The second-order valence-electron chi connectivity index (χ2n) is 5.95. The minimum absolute atomic E-state index is 0.00935. The van der Waals surface area contributed by atoms with Gasteiger partial charge in [-0.25, -0.2) is 0 Å². The monoisotopic (exact) mass is 327 g/mol. The zero-order valence-electron chi connectivity index (χ0n) is 13.6. The van der Waals surface area contributed by atoms with Crippen LogP contribution >= 0.6 is 0 Å². The van der Waals surface area contributed by atoms with Gasteiger partial charge in [0.15, 0.2) is 0 Å². The maximum atomic E-state index is 11.5. The van der Waals surface area contributed by atoms with Gasteiger partial charge in [-0.1, -0.05) is 66.7 Å². The number of hydrogen-bond donors (Lipinski definition) is 1.